The van der Waals surface area contributed by atoms with E-state index >= 15 is 0 Å². The highest BCUT2D eigenvalue weighted by Gasteiger charge is 2.16. The number of aryl methyl sites for hydroxylation is 2. The molecule has 0 aliphatic rings. The maximum atomic E-state index is 8.76. The van der Waals surface area contributed by atoms with Crippen LogP contribution in [0.3, 0.4) is 0 Å². The fraction of sp³-hybridized carbons (Fsp3) is 0.0833. The van der Waals surface area contributed by atoms with Crippen LogP contribution in [-0.2, 0) is 7.05 Å². The molecule has 0 aliphatic carbocycles. The Kier molecular flexibility index (Phi) is 4.03. The largest absolute Gasteiger partial charge is 0.312 e. The maximum absolute atomic E-state index is 8.76. The SMILES string of the molecule is Cc1ccccc1-n1c(=N)n(C)c2cnc3ccc(-c4ccc(Cl)cc4)cc3c21. The number of pyridine rings is 1. The first-order chi connectivity index (χ1) is 14.0. The Labute approximate surface area is 173 Å². The number of hydrogen-bond acceptors (Lipinski definition) is 2. The van der Waals surface area contributed by atoms with Gasteiger partial charge in [0.1, 0.15) is 0 Å². The number of nitrogens with one attached hydrogen (secondary N) is 1. The Bertz CT molecular complexity index is 1440. The van der Waals surface area contributed by atoms with Crippen LogP contribution in [-0.4, -0.2) is 14.1 Å². The van der Waals surface area contributed by atoms with Gasteiger partial charge in [-0.25, -0.2) is 0 Å². The molecule has 5 heteroatoms. The minimum Gasteiger partial charge on any atom is -0.312 e. The lowest BCUT2D eigenvalue weighted by Gasteiger charge is -2.10. The molecule has 5 aromatic rings. The van der Waals surface area contributed by atoms with Crippen molar-refractivity contribution in [3.63, 3.8) is 0 Å². The fourth-order valence-corrected chi connectivity index (χ4v) is 4.02. The molecule has 3 aromatic carbocycles. The molecule has 0 saturated heterocycles. The van der Waals surface area contributed by atoms with Crippen LogP contribution in [0.15, 0.2) is 72.9 Å². The van der Waals surface area contributed by atoms with Crippen LogP contribution in [0.1, 0.15) is 5.56 Å². The van der Waals surface area contributed by atoms with Crippen LogP contribution in [0.4, 0.5) is 0 Å². The number of fused-ring (bicyclic) bond motifs is 3. The van der Waals surface area contributed by atoms with Crippen LogP contribution in [0.25, 0.3) is 38.8 Å². The average Bonchev–Trinajstić information content (AvgIpc) is 2.99. The Hall–Kier alpha value is -3.37. The van der Waals surface area contributed by atoms with Gasteiger partial charge in [-0.2, -0.15) is 0 Å². The van der Waals surface area contributed by atoms with Crippen molar-refractivity contribution in [1.82, 2.24) is 14.1 Å². The first kappa shape index (κ1) is 17.7. The third-order valence-corrected chi connectivity index (χ3v) is 5.72. The lowest BCUT2D eigenvalue weighted by molar-refractivity contribution is 0.786. The van der Waals surface area contributed by atoms with E-state index < -0.39 is 0 Å². The summed E-state index contributed by atoms with van der Waals surface area (Å²) < 4.78 is 3.89. The van der Waals surface area contributed by atoms with Crippen molar-refractivity contribution >= 4 is 33.5 Å². The summed E-state index contributed by atoms with van der Waals surface area (Å²) >= 11 is 6.06. The third-order valence-electron chi connectivity index (χ3n) is 5.47. The van der Waals surface area contributed by atoms with Crippen LogP contribution in [0.5, 0.6) is 0 Å². The molecule has 4 nitrogen and oxygen atoms in total. The normalized spacial score (nSPS) is 11.4. The molecule has 0 aliphatic heterocycles. The van der Waals surface area contributed by atoms with Gasteiger partial charge in [0.2, 0.25) is 5.62 Å². The Morgan fingerprint density at radius 1 is 0.931 bits per heavy atom. The van der Waals surface area contributed by atoms with Gasteiger partial charge in [-0.1, -0.05) is 48.0 Å². The molecule has 29 heavy (non-hydrogen) atoms. The van der Waals surface area contributed by atoms with Crippen molar-refractivity contribution in [2.75, 3.05) is 0 Å². The van der Waals surface area contributed by atoms with Crippen LogP contribution >= 0.6 is 11.6 Å². The topological polar surface area (TPSA) is 46.6 Å². The summed E-state index contributed by atoms with van der Waals surface area (Å²) in [4.78, 5) is 4.65. The van der Waals surface area contributed by atoms with Gasteiger partial charge in [0.05, 0.1) is 28.4 Å². The zero-order valence-electron chi connectivity index (χ0n) is 16.1. The number of hydrogen-bond donors (Lipinski definition) is 1. The number of rotatable bonds is 2. The lowest BCUT2D eigenvalue weighted by atomic mass is 10.0. The Morgan fingerprint density at radius 2 is 1.66 bits per heavy atom. The van der Waals surface area contributed by atoms with E-state index in [1.54, 1.807) is 0 Å². The molecule has 0 spiro atoms. The van der Waals surface area contributed by atoms with Crippen molar-refractivity contribution in [1.29, 1.82) is 5.41 Å². The van der Waals surface area contributed by atoms with Crippen molar-refractivity contribution in [3.8, 4) is 16.8 Å². The van der Waals surface area contributed by atoms with Crippen LogP contribution < -0.4 is 5.62 Å². The molecule has 0 atom stereocenters. The minimum atomic E-state index is 0.417. The molecular weight excluding hydrogens is 380 g/mol. The Balaban J connectivity index is 1.89. The summed E-state index contributed by atoms with van der Waals surface area (Å²) in [6, 6.07) is 22.3. The summed E-state index contributed by atoms with van der Waals surface area (Å²) in [6.07, 6.45) is 1.85. The lowest BCUT2D eigenvalue weighted by Crippen LogP contribution is -2.21. The molecule has 1 N–H and O–H groups in total. The summed E-state index contributed by atoms with van der Waals surface area (Å²) in [6.45, 7) is 2.07. The van der Waals surface area contributed by atoms with E-state index in [0.717, 1.165) is 49.3 Å². The van der Waals surface area contributed by atoms with Crippen molar-refractivity contribution in [3.05, 3.63) is 89.1 Å². The van der Waals surface area contributed by atoms with E-state index in [1.807, 2.05) is 64.8 Å². The first-order valence-electron chi connectivity index (χ1n) is 9.41. The summed E-state index contributed by atoms with van der Waals surface area (Å²) in [5, 5.41) is 10.5. The highest BCUT2D eigenvalue weighted by atomic mass is 35.5. The van der Waals surface area contributed by atoms with Gasteiger partial charge in [-0.15, -0.1) is 0 Å². The summed E-state index contributed by atoms with van der Waals surface area (Å²) in [5.41, 5.74) is 7.56. The summed E-state index contributed by atoms with van der Waals surface area (Å²) in [7, 11) is 1.91. The van der Waals surface area contributed by atoms with E-state index in [4.69, 9.17) is 17.0 Å². The predicted molar refractivity (Wildman–Crippen MR) is 119 cm³/mol. The first-order valence-corrected chi connectivity index (χ1v) is 9.79. The highest BCUT2D eigenvalue weighted by molar-refractivity contribution is 6.30. The second-order valence-electron chi connectivity index (χ2n) is 7.24. The number of halogens is 1. The van der Waals surface area contributed by atoms with Crippen molar-refractivity contribution in [2.45, 2.75) is 6.92 Å². The van der Waals surface area contributed by atoms with E-state index in [9.17, 15) is 0 Å². The molecule has 2 heterocycles. The summed E-state index contributed by atoms with van der Waals surface area (Å²) in [5.74, 6) is 0. The van der Waals surface area contributed by atoms with E-state index in [-0.39, 0.29) is 0 Å². The quantitative estimate of drug-likeness (QED) is 0.411. The number of aromatic nitrogens is 3. The molecule has 5 rings (SSSR count). The monoisotopic (exact) mass is 398 g/mol. The molecule has 0 saturated carbocycles. The molecule has 0 unspecified atom stereocenters. The van der Waals surface area contributed by atoms with Gasteiger partial charge in [0.25, 0.3) is 0 Å². The molecule has 0 radical (unpaired) electrons. The van der Waals surface area contributed by atoms with Gasteiger partial charge >= 0.3 is 0 Å². The second kappa shape index (κ2) is 6.61. The van der Waals surface area contributed by atoms with Crippen molar-refractivity contribution < 1.29 is 0 Å². The molecule has 142 valence electrons. The smallest absolute Gasteiger partial charge is 0.207 e. The number of para-hydroxylation sites is 1. The van der Waals surface area contributed by atoms with E-state index in [2.05, 4.69) is 36.2 Å². The van der Waals surface area contributed by atoms with Gasteiger partial charge in [-0.3, -0.25) is 15.0 Å². The van der Waals surface area contributed by atoms with Crippen molar-refractivity contribution in [2.24, 2.45) is 7.05 Å². The number of benzene rings is 3. The fourth-order valence-electron chi connectivity index (χ4n) is 3.89. The molecule has 2 aromatic heterocycles. The Morgan fingerprint density at radius 3 is 2.41 bits per heavy atom. The predicted octanol–water partition coefficient (Wildman–Crippen LogP) is 5.63. The molecule has 0 amide bonds. The standard InChI is InChI=1S/C24H19ClN4/c1-15-5-3-4-6-21(15)29-23-19-13-17(16-7-10-18(25)11-8-16)9-12-20(19)27-14-22(23)28(2)24(29)26/h3-14,26H,1-2H3. The van der Waals surface area contributed by atoms with Crippen LogP contribution in [0, 0.1) is 12.3 Å². The van der Waals surface area contributed by atoms with Gasteiger partial charge in [-0.05, 0) is 53.9 Å². The van der Waals surface area contributed by atoms with Crippen LogP contribution in [0.2, 0.25) is 5.02 Å². The third kappa shape index (κ3) is 2.76. The van der Waals surface area contributed by atoms with E-state index in [0.29, 0.717) is 5.62 Å². The zero-order valence-corrected chi connectivity index (χ0v) is 16.9. The van der Waals surface area contributed by atoms with Gasteiger partial charge < -0.3 is 4.57 Å². The zero-order chi connectivity index (χ0) is 20.1. The van der Waals surface area contributed by atoms with Gasteiger partial charge in [0.15, 0.2) is 0 Å². The number of nitrogens with zero attached hydrogens (tertiary/aromatic N) is 3. The maximum Gasteiger partial charge on any atom is 0.207 e. The minimum absolute atomic E-state index is 0.417. The number of imidazole rings is 1. The molecule has 0 bridgehead atoms. The molecule has 0 fully saturated rings. The van der Waals surface area contributed by atoms with E-state index in [1.165, 1.54) is 0 Å². The second-order valence-corrected chi connectivity index (χ2v) is 7.67. The average molecular weight is 399 g/mol. The van der Waals surface area contributed by atoms with Gasteiger partial charge in [0, 0.05) is 17.5 Å². The highest BCUT2D eigenvalue weighted by Crippen LogP contribution is 2.30. The molecular formula is C24H19ClN4.